The maximum atomic E-state index is 4.32. The van der Waals surface area contributed by atoms with E-state index in [4.69, 9.17) is 0 Å². The van der Waals surface area contributed by atoms with Gasteiger partial charge in [-0.3, -0.25) is 4.98 Å². The van der Waals surface area contributed by atoms with Gasteiger partial charge in [-0.15, -0.1) is 0 Å². The van der Waals surface area contributed by atoms with Gasteiger partial charge in [-0.05, 0) is 0 Å². The summed E-state index contributed by atoms with van der Waals surface area (Å²) in [7, 11) is 3.81. The summed E-state index contributed by atoms with van der Waals surface area (Å²) in [5.74, 6) is 2.58. The van der Waals surface area contributed by atoms with Crippen LogP contribution in [-0.2, 0) is 13.5 Å². The number of nitrogens with zero attached hydrogens (tertiary/aromatic N) is 4. The minimum atomic E-state index is 0.756. The van der Waals surface area contributed by atoms with Crippen LogP contribution in [0.3, 0.4) is 0 Å². The van der Waals surface area contributed by atoms with Crippen molar-refractivity contribution in [2.45, 2.75) is 6.42 Å². The summed E-state index contributed by atoms with van der Waals surface area (Å²) in [5.41, 5.74) is 0. The molecule has 2 N–H and O–H groups in total. The highest BCUT2D eigenvalue weighted by molar-refractivity contribution is 5.40. The maximum Gasteiger partial charge on any atom is 0.146 e. The van der Waals surface area contributed by atoms with E-state index in [1.54, 1.807) is 18.6 Å². The predicted octanol–water partition coefficient (Wildman–Crippen LogP) is 0.906. The second-order valence-corrected chi connectivity index (χ2v) is 3.67. The molecule has 0 aliphatic rings. The Balaban J connectivity index is 1.87. The highest BCUT2D eigenvalue weighted by atomic mass is 15.1. The monoisotopic (exact) mass is 232 g/mol. The number of aromatic nitrogens is 4. The molecule has 0 spiro atoms. The summed E-state index contributed by atoms with van der Waals surface area (Å²) in [6.45, 7) is 0.784. The van der Waals surface area contributed by atoms with Crippen LogP contribution in [0, 0.1) is 0 Å². The average Bonchev–Trinajstić information content (AvgIpc) is 2.76. The first-order valence-corrected chi connectivity index (χ1v) is 5.49. The molecule has 0 amide bonds. The molecular weight excluding hydrogens is 216 g/mol. The summed E-state index contributed by atoms with van der Waals surface area (Å²) in [5, 5.41) is 6.17. The van der Waals surface area contributed by atoms with Gasteiger partial charge in [-0.25, -0.2) is 9.97 Å². The van der Waals surface area contributed by atoms with E-state index in [1.165, 1.54) is 0 Å². The lowest BCUT2D eigenvalue weighted by atomic mass is 10.4. The molecule has 17 heavy (non-hydrogen) atoms. The fraction of sp³-hybridized carbons (Fsp3) is 0.364. The van der Waals surface area contributed by atoms with Gasteiger partial charge in [0.2, 0.25) is 0 Å². The zero-order valence-corrected chi connectivity index (χ0v) is 10.0. The first-order valence-electron chi connectivity index (χ1n) is 5.49. The first-order chi connectivity index (χ1) is 8.29. The highest BCUT2D eigenvalue weighted by Crippen LogP contribution is 2.05. The number of rotatable bonds is 5. The van der Waals surface area contributed by atoms with Gasteiger partial charge in [0, 0.05) is 39.5 Å². The molecule has 0 aliphatic heterocycles. The van der Waals surface area contributed by atoms with Crippen molar-refractivity contribution in [3.05, 3.63) is 30.6 Å². The molecule has 2 aromatic rings. The molecule has 0 saturated carbocycles. The standard InChI is InChI=1S/C11H16N6/c1-12-9-7-13-8-10(16-9)14-4-3-11-15-5-6-17(11)2/h5-8H,3-4H2,1-2H3,(H2,12,14,16). The summed E-state index contributed by atoms with van der Waals surface area (Å²) >= 11 is 0. The van der Waals surface area contributed by atoms with Crippen molar-refractivity contribution < 1.29 is 0 Å². The van der Waals surface area contributed by atoms with Crippen LogP contribution in [0.1, 0.15) is 5.82 Å². The van der Waals surface area contributed by atoms with Crippen LogP contribution < -0.4 is 10.6 Å². The van der Waals surface area contributed by atoms with Crippen molar-refractivity contribution in [2.75, 3.05) is 24.2 Å². The molecule has 6 heteroatoms. The number of anilines is 2. The van der Waals surface area contributed by atoms with Crippen molar-refractivity contribution in [1.82, 2.24) is 19.5 Å². The molecule has 0 bridgehead atoms. The topological polar surface area (TPSA) is 67.7 Å². The maximum absolute atomic E-state index is 4.32. The molecule has 2 rings (SSSR count). The highest BCUT2D eigenvalue weighted by Gasteiger charge is 2.00. The van der Waals surface area contributed by atoms with Gasteiger partial charge >= 0.3 is 0 Å². The average molecular weight is 232 g/mol. The number of aryl methyl sites for hydroxylation is 1. The van der Waals surface area contributed by atoms with Crippen LogP contribution in [0.5, 0.6) is 0 Å². The Bertz CT molecular complexity index is 478. The van der Waals surface area contributed by atoms with Crippen molar-refractivity contribution in [1.29, 1.82) is 0 Å². The van der Waals surface area contributed by atoms with Gasteiger partial charge in [0.05, 0.1) is 12.4 Å². The number of imidazole rings is 1. The third-order valence-corrected chi connectivity index (χ3v) is 2.47. The van der Waals surface area contributed by atoms with E-state index in [9.17, 15) is 0 Å². The summed E-state index contributed by atoms with van der Waals surface area (Å²) in [6.07, 6.45) is 7.99. The molecule has 0 saturated heterocycles. The molecule has 0 aromatic carbocycles. The van der Waals surface area contributed by atoms with Crippen LogP contribution in [-0.4, -0.2) is 33.1 Å². The van der Waals surface area contributed by atoms with Gasteiger partial charge in [0.1, 0.15) is 17.5 Å². The van der Waals surface area contributed by atoms with Gasteiger partial charge in [-0.1, -0.05) is 0 Å². The third-order valence-electron chi connectivity index (χ3n) is 2.47. The van der Waals surface area contributed by atoms with Crippen LogP contribution >= 0.6 is 0 Å². The number of nitrogens with one attached hydrogen (secondary N) is 2. The fourth-order valence-corrected chi connectivity index (χ4v) is 1.51. The molecule has 0 aliphatic carbocycles. The van der Waals surface area contributed by atoms with Gasteiger partial charge < -0.3 is 15.2 Å². The van der Waals surface area contributed by atoms with E-state index in [-0.39, 0.29) is 0 Å². The van der Waals surface area contributed by atoms with Crippen molar-refractivity contribution >= 4 is 11.6 Å². The van der Waals surface area contributed by atoms with Crippen LogP contribution in [0.4, 0.5) is 11.6 Å². The van der Waals surface area contributed by atoms with Crippen molar-refractivity contribution in [3.63, 3.8) is 0 Å². The zero-order valence-electron chi connectivity index (χ0n) is 10.0. The first kappa shape index (κ1) is 11.4. The Morgan fingerprint density at radius 1 is 1.29 bits per heavy atom. The summed E-state index contributed by atoms with van der Waals surface area (Å²) in [6, 6.07) is 0. The SMILES string of the molecule is CNc1cncc(NCCc2nccn2C)n1. The van der Waals surface area contributed by atoms with E-state index in [2.05, 4.69) is 25.6 Å². The number of hydrogen-bond donors (Lipinski definition) is 2. The Morgan fingerprint density at radius 3 is 2.82 bits per heavy atom. The molecule has 2 aromatic heterocycles. The summed E-state index contributed by atoms with van der Waals surface area (Å²) in [4.78, 5) is 12.7. The lowest BCUT2D eigenvalue weighted by molar-refractivity contribution is 0.788. The Labute approximate surface area is 100 Å². The fourth-order valence-electron chi connectivity index (χ4n) is 1.51. The van der Waals surface area contributed by atoms with Gasteiger partial charge in [-0.2, -0.15) is 0 Å². The minimum absolute atomic E-state index is 0.756. The normalized spacial score (nSPS) is 10.2. The zero-order chi connectivity index (χ0) is 12.1. The van der Waals surface area contributed by atoms with Crippen molar-refractivity contribution in [2.24, 2.45) is 7.05 Å². The molecule has 0 unspecified atom stereocenters. The van der Waals surface area contributed by atoms with Crippen LogP contribution in [0.25, 0.3) is 0 Å². The quantitative estimate of drug-likeness (QED) is 0.802. The smallest absolute Gasteiger partial charge is 0.146 e. The molecule has 2 heterocycles. The molecule has 0 fully saturated rings. The Kier molecular flexibility index (Phi) is 3.54. The Morgan fingerprint density at radius 2 is 2.12 bits per heavy atom. The second-order valence-electron chi connectivity index (χ2n) is 3.67. The van der Waals surface area contributed by atoms with E-state index in [0.717, 1.165) is 30.4 Å². The molecule has 0 atom stereocenters. The summed E-state index contributed by atoms with van der Waals surface area (Å²) < 4.78 is 2.01. The largest absolute Gasteiger partial charge is 0.372 e. The lowest BCUT2D eigenvalue weighted by Gasteiger charge is -2.06. The minimum Gasteiger partial charge on any atom is -0.372 e. The van der Waals surface area contributed by atoms with Crippen LogP contribution in [0.15, 0.2) is 24.8 Å². The predicted molar refractivity (Wildman–Crippen MR) is 67.0 cm³/mol. The van der Waals surface area contributed by atoms with Gasteiger partial charge in [0.25, 0.3) is 0 Å². The van der Waals surface area contributed by atoms with E-state index >= 15 is 0 Å². The van der Waals surface area contributed by atoms with Crippen LogP contribution in [0.2, 0.25) is 0 Å². The lowest BCUT2D eigenvalue weighted by Crippen LogP contribution is -2.10. The molecule has 90 valence electrons. The molecular formula is C11H16N6. The van der Waals surface area contributed by atoms with E-state index in [0.29, 0.717) is 0 Å². The Hall–Kier alpha value is -2.11. The second kappa shape index (κ2) is 5.29. The molecule has 6 nitrogen and oxygen atoms in total. The number of hydrogen-bond acceptors (Lipinski definition) is 5. The van der Waals surface area contributed by atoms with E-state index < -0.39 is 0 Å². The van der Waals surface area contributed by atoms with Gasteiger partial charge in [0.15, 0.2) is 0 Å². The third kappa shape index (κ3) is 2.93. The molecule has 0 radical (unpaired) electrons. The van der Waals surface area contributed by atoms with Crippen molar-refractivity contribution in [3.8, 4) is 0 Å². The van der Waals surface area contributed by atoms with E-state index in [1.807, 2.05) is 24.9 Å².